The van der Waals surface area contributed by atoms with Crippen LogP contribution >= 0.6 is 11.6 Å². The van der Waals surface area contributed by atoms with Gasteiger partial charge in [-0.1, -0.05) is 44.5 Å². The Bertz CT molecular complexity index is 810. The number of urea groups is 1. The molecular weight excluding hydrogens is 378 g/mol. The van der Waals surface area contributed by atoms with Gasteiger partial charge in [0.2, 0.25) is 5.91 Å². The third kappa shape index (κ3) is 4.17. The molecule has 1 aliphatic carbocycles. The number of nitrogens with one attached hydrogen (secondary N) is 2. The van der Waals surface area contributed by atoms with Gasteiger partial charge in [0.1, 0.15) is 12.1 Å². The van der Waals surface area contributed by atoms with E-state index in [2.05, 4.69) is 31.4 Å². The topological polar surface area (TPSA) is 78.5 Å². The Kier molecular flexibility index (Phi) is 5.45. The van der Waals surface area contributed by atoms with E-state index in [1.54, 1.807) is 12.1 Å². The van der Waals surface area contributed by atoms with Crippen molar-refractivity contribution in [3.05, 3.63) is 34.9 Å². The lowest BCUT2D eigenvalue weighted by Crippen LogP contribution is -2.54. The van der Waals surface area contributed by atoms with Crippen molar-refractivity contribution in [3.63, 3.8) is 0 Å². The normalized spacial score (nSPS) is 27.6. The van der Waals surface area contributed by atoms with Crippen molar-refractivity contribution in [2.45, 2.75) is 58.5 Å². The number of rotatable bonds is 4. The summed E-state index contributed by atoms with van der Waals surface area (Å²) < 4.78 is 0. The van der Waals surface area contributed by atoms with E-state index in [1.165, 1.54) is 0 Å². The Morgan fingerprint density at radius 3 is 2.71 bits per heavy atom. The molecule has 0 radical (unpaired) electrons. The van der Waals surface area contributed by atoms with Crippen LogP contribution in [0.4, 0.5) is 4.79 Å². The van der Waals surface area contributed by atoms with Crippen LogP contribution < -0.4 is 10.6 Å². The molecule has 0 unspecified atom stereocenters. The van der Waals surface area contributed by atoms with E-state index in [-0.39, 0.29) is 29.8 Å². The van der Waals surface area contributed by atoms with Crippen LogP contribution in [0.5, 0.6) is 0 Å². The van der Waals surface area contributed by atoms with Gasteiger partial charge in [0, 0.05) is 5.02 Å². The van der Waals surface area contributed by atoms with Crippen LogP contribution in [-0.2, 0) is 9.59 Å². The number of carbonyl (C=O) groups is 3. The molecule has 4 amide bonds. The molecule has 0 bridgehead atoms. The summed E-state index contributed by atoms with van der Waals surface area (Å²) in [6.45, 7) is 7.89. The van der Waals surface area contributed by atoms with Crippen LogP contribution in [0.2, 0.25) is 5.02 Å². The van der Waals surface area contributed by atoms with Gasteiger partial charge in [-0.05, 0) is 55.2 Å². The summed E-state index contributed by atoms with van der Waals surface area (Å²) in [5.41, 5.74) is -0.0748. The molecular formula is C21H28ClN3O3. The summed E-state index contributed by atoms with van der Waals surface area (Å²) in [4.78, 5) is 39.2. The van der Waals surface area contributed by atoms with Gasteiger partial charge in [0.25, 0.3) is 5.91 Å². The molecule has 28 heavy (non-hydrogen) atoms. The molecule has 7 heteroatoms. The summed E-state index contributed by atoms with van der Waals surface area (Å²) in [7, 11) is 0. The van der Waals surface area contributed by atoms with Crippen molar-refractivity contribution < 1.29 is 14.4 Å². The highest BCUT2D eigenvalue weighted by Gasteiger charge is 2.56. The number of hydrogen-bond acceptors (Lipinski definition) is 3. The highest BCUT2D eigenvalue weighted by molar-refractivity contribution is 6.30. The van der Waals surface area contributed by atoms with Gasteiger partial charge in [-0.3, -0.25) is 14.5 Å². The molecule has 3 rings (SSSR count). The maximum absolute atomic E-state index is 13.1. The lowest BCUT2D eigenvalue weighted by atomic mass is 9.64. The van der Waals surface area contributed by atoms with E-state index >= 15 is 0 Å². The molecule has 2 aliphatic rings. The number of carbonyl (C=O) groups excluding carboxylic acids is 3. The van der Waals surface area contributed by atoms with Gasteiger partial charge >= 0.3 is 6.03 Å². The van der Waals surface area contributed by atoms with Crippen molar-refractivity contribution >= 4 is 29.4 Å². The quantitative estimate of drug-likeness (QED) is 0.750. The van der Waals surface area contributed by atoms with Crippen LogP contribution in [0.15, 0.2) is 24.3 Å². The lowest BCUT2D eigenvalue weighted by Gasteiger charge is -2.43. The van der Waals surface area contributed by atoms with E-state index in [1.807, 2.05) is 19.1 Å². The average Bonchev–Trinajstić information content (AvgIpc) is 2.76. The molecule has 1 spiro atoms. The minimum atomic E-state index is -0.892. The first-order valence-corrected chi connectivity index (χ1v) is 10.1. The fourth-order valence-electron chi connectivity index (χ4n) is 4.94. The molecule has 1 aliphatic heterocycles. The first-order chi connectivity index (χ1) is 13.0. The van der Waals surface area contributed by atoms with Crippen molar-refractivity contribution in [2.75, 3.05) is 6.54 Å². The number of imide groups is 1. The molecule has 1 saturated heterocycles. The molecule has 152 valence electrons. The fraction of sp³-hybridized carbons (Fsp3) is 0.571. The summed E-state index contributed by atoms with van der Waals surface area (Å²) in [5, 5.41) is 6.32. The second kappa shape index (κ2) is 7.39. The largest absolute Gasteiger partial charge is 0.348 e. The molecule has 6 nitrogen and oxygen atoms in total. The smallest absolute Gasteiger partial charge is 0.325 e. The van der Waals surface area contributed by atoms with Gasteiger partial charge in [0.15, 0.2) is 0 Å². The van der Waals surface area contributed by atoms with Gasteiger partial charge in [-0.25, -0.2) is 4.79 Å². The van der Waals surface area contributed by atoms with Crippen LogP contribution in [-0.4, -0.2) is 34.8 Å². The fourth-order valence-corrected chi connectivity index (χ4v) is 5.14. The molecule has 1 aromatic carbocycles. The van der Waals surface area contributed by atoms with Crippen LogP contribution in [0.3, 0.4) is 0 Å². The summed E-state index contributed by atoms with van der Waals surface area (Å²) in [5.74, 6) is -0.344. The molecule has 2 N–H and O–H groups in total. The third-order valence-electron chi connectivity index (χ3n) is 5.65. The minimum Gasteiger partial charge on any atom is -0.348 e. The molecule has 1 aromatic rings. The van der Waals surface area contributed by atoms with Crippen molar-refractivity contribution in [3.8, 4) is 0 Å². The van der Waals surface area contributed by atoms with Crippen LogP contribution in [0, 0.1) is 11.3 Å². The highest BCUT2D eigenvalue weighted by Crippen LogP contribution is 2.46. The van der Waals surface area contributed by atoms with E-state index in [9.17, 15) is 14.4 Å². The molecule has 1 heterocycles. The van der Waals surface area contributed by atoms with Gasteiger partial charge in [0.05, 0.1) is 6.04 Å². The Hall–Kier alpha value is -2.08. The Morgan fingerprint density at radius 1 is 1.36 bits per heavy atom. The van der Waals surface area contributed by atoms with Gasteiger partial charge < -0.3 is 10.6 Å². The summed E-state index contributed by atoms with van der Waals surface area (Å²) >= 11 is 6.00. The maximum atomic E-state index is 13.1. The average molecular weight is 406 g/mol. The maximum Gasteiger partial charge on any atom is 0.325 e. The van der Waals surface area contributed by atoms with Gasteiger partial charge in [-0.2, -0.15) is 0 Å². The lowest BCUT2D eigenvalue weighted by molar-refractivity contribution is -0.137. The van der Waals surface area contributed by atoms with E-state index in [0.717, 1.165) is 16.9 Å². The van der Waals surface area contributed by atoms with E-state index in [0.29, 0.717) is 23.8 Å². The molecule has 1 saturated carbocycles. The standard InChI is InChI=1S/C21H28ClN3O3/c1-13-9-20(3,4)12-21(10-13)18(27)25(19(28)24-21)11-17(26)23-14(2)15-6-5-7-16(22)8-15/h5-8,13-14H,9-12H2,1-4H3,(H,23,26)(H,24,28)/t13-,14+,21-/m0/s1. The highest BCUT2D eigenvalue weighted by atomic mass is 35.5. The van der Waals surface area contributed by atoms with E-state index < -0.39 is 11.6 Å². The number of halogens is 1. The van der Waals surface area contributed by atoms with Gasteiger partial charge in [-0.15, -0.1) is 0 Å². The zero-order chi connectivity index (χ0) is 20.7. The molecule has 3 atom stereocenters. The SMILES string of the molecule is C[C@H]1CC(C)(C)C[C@]2(C1)NC(=O)N(CC(=O)N[C@H](C)c1cccc(Cl)c1)C2=O. The van der Waals surface area contributed by atoms with Crippen molar-refractivity contribution in [1.82, 2.24) is 15.5 Å². The Balaban J connectivity index is 1.68. The number of benzene rings is 1. The second-order valence-corrected chi connectivity index (χ2v) is 9.54. The minimum absolute atomic E-state index is 0.0417. The van der Waals surface area contributed by atoms with Crippen LogP contribution in [0.1, 0.15) is 58.6 Å². The molecule has 2 fully saturated rings. The Morgan fingerprint density at radius 2 is 2.07 bits per heavy atom. The summed E-state index contributed by atoms with van der Waals surface area (Å²) in [6, 6.07) is 6.45. The number of hydrogen-bond donors (Lipinski definition) is 2. The zero-order valence-corrected chi connectivity index (χ0v) is 17.6. The molecule has 0 aromatic heterocycles. The number of amides is 4. The third-order valence-corrected chi connectivity index (χ3v) is 5.89. The monoisotopic (exact) mass is 405 g/mol. The first kappa shape index (κ1) is 20.6. The van der Waals surface area contributed by atoms with Crippen molar-refractivity contribution in [2.24, 2.45) is 11.3 Å². The number of nitrogens with zero attached hydrogens (tertiary/aromatic N) is 1. The predicted molar refractivity (Wildman–Crippen MR) is 108 cm³/mol. The second-order valence-electron chi connectivity index (χ2n) is 9.10. The van der Waals surface area contributed by atoms with Crippen molar-refractivity contribution in [1.29, 1.82) is 0 Å². The van der Waals surface area contributed by atoms with E-state index in [4.69, 9.17) is 11.6 Å². The summed E-state index contributed by atoms with van der Waals surface area (Å²) in [6.07, 6.45) is 2.21. The predicted octanol–water partition coefficient (Wildman–Crippen LogP) is 3.65. The zero-order valence-electron chi connectivity index (χ0n) is 16.8. The first-order valence-electron chi connectivity index (χ1n) is 9.70. The Labute approximate surface area is 171 Å². The van der Waals surface area contributed by atoms with Crippen LogP contribution in [0.25, 0.3) is 0 Å².